The predicted molar refractivity (Wildman–Crippen MR) is 119 cm³/mol. The van der Waals surface area contributed by atoms with Gasteiger partial charge < -0.3 is 20.5 Å². The van der Waals surface area contributed by atoms with Crippen molar-refractivity contribution in [2.24, 2.45) is 5.92 Å². The number of rotatable bonds is 9. The molecule has 1 amide bonds. The number of aliphatic carboxylic acids is 1. The normalized spacial score (nSPS) is 12.7. The van der Waals surface area contributed by atoms with E-state index in [1.165, 1.54) is 31.4 Å². The number of nitrogens with one attached hydrogen (secondary N) is 2. The monoisotopic (exact) mass is 456 g/mol. The highest BCUT2D eigenvalue weighted by Gasteiger charge is 2.26. The fourth-order valence-corrected chi connectivity index (χ4v) is 3.30. The van der Waals surface area contributed by atoms with Gasteiger partial charge in [0.1, 0.15) is 35.6 Å². The summed E-state index contributed by atoms with van der Waals surface area (Å²) in [5, 5.41) is 15.0. The molecule has 3 N–H and O–H groups in total. The number of ether oxygens (including phenoxy) is 1. The van der Waals surface area contributed by atoms with Gasteiger partial charge in [0.2, 0.25) is 0 Å². The summed E-state index contributed by atoms with van der Waals surface area (Å²) in [6.07, 6.45) is 2.18. The summed E-state index contributed by atoms with van der Waals surface area (Å²) in [5.41, 5.74) is 1.65. The summed E-state index contributed by atoms with van der Waals surface area (Å²) >= 11 is 0. The topological polar surface area (TPSA) is 122 Å². The Labute approximate surface area is 189 Å². The molecule has 2 aromatic heterocycles. The second-order valence-electron chi connectivity index (χ2n) is 7.56. The molecule has 0 saturated carbocycles. The molecule has 0 aliphatic carbocycles. The van der Waals surface area contributed by atoms with Gasteiger partial charge in [0.25, 0.3) is 5.91 Å². The number of carbonyl (C=O) groups excluding carboxylic acids is 2. The van der Waals surface area contributed by atoms with Crippen LogP contribution in [0, 0.1) is 11.7 Å². The number of nitrogens with zero attached hydrogens (tertiary/aromatic N) is 2. The quantitative estimate of drug-likeness (QED) is 0.423. The first-order valence-corrected chi connectivity index (χ1v) is 10.4. The van der Waals surface area contributed by atoms with E-state index in [1.807, 2.05) is 6.92 Å². The van der Waals surface area contributed by atoms with Gasteiger partial charge in [0.05, 0.1) is 7.11 Å². The van der Waals surface area contributed by atoms with Crippen molar-refractivity contribution in [3.63, 3.8) is 0 Å². The molecule has 1 aromatic carbocycles. The number of halogens is 1. The van der Waals surface area contributed by atoms with Gasteiger partial charge in [-0.1, -0.05) is 20.3 Å². The Kier molecular flexibility index (Phi) is 7.27. The van der Waals surface area contributed by atoms with E-state index >= 15 is 0 Å². The average molecular weight is 456 g/mol. The van der Waals surface area contributed by atoms with E-state index in [-0.39, 0.29) is 18.0 Å². The molecule has 0 aliphatic heterocycles. The van der Waals surface area contributed by atoms with Gasteiger partial charge >= 0.3 is 11.9 Å². The Hall–Kier alpha value is -3.95. The fourth-order valence-electron chi connectivity index (χ4n) is 3.30. The molecule has 33 heavy (non-hydrogen) atoms. The van der Waals surface area contributed by atoms with Crippen LogP contribution in [0.15, 0.2) is 42.6 Å². The van der Waals surface area contributed by atoms with Crippen LogP contribution in [0.4, 0.5) is 10.2 Å². The first-order valence-electron chi connectivity index (χ1n) is 10.4. The number of benzene rings is 1. The molecule has 2 atom stereocenters. The Morgan fingerprint density at radius 1 is 1.21 bits per heavy atom. The van der Waals surface area contributed by atoms with Crippen molar-refractivity contribution in [3.8, 4) is 11.3 Å². The number of aromatic nitrogens is 2. The zero-order valence-electron chi connectivity index (χ0n) is 18.5. The molecule has 9 nitrogen and oxygen atoms in total. The second-order valence-corrected chi connectivity index (χ2v) is 7.56. The predicted octanol–water partition coefficient (Wildman–Crippen LogP) is 2.95. The van der Waals surface area contributed by atoms with Crippen molar-refractivity contribution in [2.75, 3.05) is 19.0 Å². The molecule has 10 heteroatoms. The van der Waals surface area contributed by atoms with Crippen LogP contribution in [0.1, 0.15) is 30.6 Å². The first-order chi connectivity index (χ1) is 15.7. The number of imidazole rings is 1. The van der Waals surface area contributed by atoms with Gasteiger partial charge in [-0.05, 0) is 42.3 Å². The van der Waals surface area contributed by atoms with E-state index in [4.69, 9.17) is 0 Å². The minimum Gasteiger partial charge on any atom is -0.480 e. The average Bonchev–Trinajstić information content (AvgIpc) is 3.18. The van der Waals surface area contributed by atoms with E-state index < -0.39 is 29.7 Å². The van der Waals surface area contributed by atoms with Gasteiger partial charge in [-0.3, -0.25) is 14.0 Å². The molecular weight excluding hydrogens is 431 g/mol. The van der Waals surface area contributed by atoms with Crippen molar-refractivity contribution >= 4 is 29.3 Å². The van der Waals surface area contributed by atoms with Crippen molar-refractivity contribution in [3.05, 3.63) is 54.0 Å². The van der Waals surface area contributed by atoms with E-state index in [0.717, 1.165) is 0 Å². The molecule has 3 rings (SSSR count). The highest BCUT2D eigenvalue weighted by atomic mass is 19.1. The van der Waals surface area contributed by atoms with Crippen molar-refractivity contribution in [2.45, 2.75) is 26.3 Å². The van der Waals surface area contributed by atoms with Crippen LogP contribution in [0.5, 0.6) is 0 Å². The second kappa shape index (κ2) is 10.1. The number of amides is 1. The number of pyridine rings is 1. The number of hydrogen-bond acceptors (Lipinski definition) is 6. The minimum absolute atomic E-state index is 0.129. The largest absolute Gasteiger partial charge is 0.480 e. The van der Waals surface area contributed by atoms with Crippen LogP contribution in [0.2, 0.25) is 0 Å². The zero-order valence-corrected chi connectivity index (χ0v) is 18.5. The SMILES string of the molecule is CCC(C)C(NC(=O)c1ccn2c(NCC(=O)OC)c(-c3ccc(F)cc3)nc2c1)C(=O)O. The van der Waals surface area contributed by atoms with E-state index in [9.17, 15) is 23.9 Å². The van der Waals surface area contributed by atoms with E-state index in [1.54, 1.807) is 29.7 Å². The molecule has 3 aromatic rings. The molecule has 0 spiro atoms. The van der Waals surface area contributed by atoms with Crippen molar-refractivity contribution in [1.29, 1.82) is 0 Å². The van der Waals surface area contributed by atoms with E-state index in [0.29, 0.717) is 29.1 Å². The molecule has 0 radical (unpaired) electrons. The summed E-state index contributed by atoms with van der Waals surface area (Å²) in [6.45, 7) is 3.48. The third kappa shape index (κ3) is 5.28. The lowest BCUT2D eigenvalue weighted by Gasteiger charge is -2.20. The summed E-state index contributed by atoms with van der Waals surface area (Å²) < 4.78 is 19.7. The lowest BCUT2D eigenvalue weighted by atomic mass is 9.99. The van der Waals surface area contributed by atoms with Crippen LogP contribution >= 0.6 is 0 Å². The van der Waals surface area contributed by atoms with Crippen molar-refractivity contribution < 1.29 is 28.6 Å². The molecule has 0 fully saturated rings. The maximum Gasteiger partial charge on any atom is 0.326 e. The number of anilines is 1. The fraction of sp³-hybridized carbons (Fsp3) is 0.304. The molecule has 174 valence electrons. The first kappa shape index (κ1) is 23.7. The maximum atomic E-state index is 13.4. The number of fused-ring (bicyclic) bond motifs is 1. The van der Waals surface area contributed by atoms with Crippen LogP contribution in [-0.4, -0.2) is 52.0 Å². The van der Waals surface area contributed by atoms with Crippen LogP contribution < -0.4 is 10.6 Å². The lowest BCUT2D eigenvalue weighted by molar-refractivity contribution is -0.140. The number of hydrogen-bond donors (Lipinski definition) is 3. The van der Waals surface area contributed by atoms with Crippen LogP contribution in [-0.2, 0) is 14.3 Å². The van der Waals surface area contributed by atoms with Crippen LogP contribution in [0.3, 0.4) is 0 Å². The van der Waals surface area contributed by atoms with Gasteiger partial charge in [0.15, 0.2) is 0 Å². The summed E-state index contributed by atoms with van der Waals surface area (Å²) in [6, 6.07) is 7.71. The summed E-state index contributed by atoms with van der Waals surface area (Å²) in [7, 11) is 1.27. The maximum absolute atomic E-state index is 13.4. The molecule has 2 heterocycles. The summed E-state index contributed by atoms with van der Waals surface area (Å²) in [4.78, 5) is 40.5. The Morgan fingerprint density at radius 2 is 1.91 bits per heavy atom. The van der Waals surface area contributed by atoms with Crippen LogP contribution in [0.25, 0.3) is 16.9 Å². The third-order valence-electron chi connectivity index (χ3n) is 5.40. The van der Waals surface area contributed by atoms with Gasteiger partial charge in [-0.25, -0.2) is 14.2 Å². The Bertz CT molecular complexity index is 1180. The smallest absolute Gasteiger partial charge is 0.326 e. The zero-order chi connectivity index (χ0) is 24.1. The molecule has 0 aliphatic rings. The lowest BCUT2D eigenvalue weighted by Crippen LogP contribution is -2.45. The molecule has 0 bridgehead atoms. The standard InChI is InChI=1S/C23H25FN4O5/c1-4-13(2)19(23(31)32)27-22(30)15-9-10-28-17(11-15)26-20(14-5-7-16(24)8-6-14)21(28)25-12-18(29)33-3/h5-11,13,19,25H,4,12H2,1-3H3,(H,27,30)(H,31,32). The van der Waals surface area contributed by atoms with E-state index in [2.05, 4.69) is 20.4 Å². The highest BCUT2D eigenvalue weighted by Crippen LogP contribution is 2.29. The number of carbonyl (C=O) groups is 3. The number of carboxylic acid groups (broad SMARTS) is 1. The molecule has 0 saturated heterocycles. The Morgan fingerprint density at radius 3 is 2.52 bits per heavy atom. The summed E-state index contributed by atoms with van der Waals surface area (Å²) in [5.74, 6) is -2.33. The third-order valence-corrected chi connectivity index (χ3v) is 5.40. The van der Waals surface area contributed by atoms with Crippen molar-refractivity contribution in [1.82, 2.24) is 14.7 Å². The number of esters is 1. The minimum atomic E-state index is -1.10. The number of methoxy groups -OCH3 is 1. The van der Waals surface area contributed by atoms with Gasteiger partial charge in [-0.2, -0.15) is 0 Å². The Balaban J connectivity index is 2.00. The molecular formula is C23H25FN4O5. The molecule has 2 unspecified atom stereocenters. The van der Waals surface area contributed by atoms with Gasteiger partial charge in [-0.15, -0.1) is 0 Å². The highest BCUT2D eigenvalue weighted by molar-refractivity contribution is 5.97. The van der Waals surface area contributed by atoms with Gasteiger partial charge in [0, 0.05) is 17.3 Å². The number of carboxylic acids is 1.